The highest BCUT2D eigenvalue weighted by Gasteiger charge is 2.74. The van der Waals surface area contributed by atoms with E-state index in [9.17, 15) is 33.9 Å². The van der Waals surface area contributed by atoms with Crippen molar-refractivity contribution in [1.29, 1.82) is 0 Å². The van der Waals surface area contributed by atoms with Crippen LogP contribution < -0.4 is 0 Å². The summed E-state index contributed by atoms with van der Waals surface area (Å²) in [6, 6.07) is 0. The molecule has 0 spiro atoms. The van der Waals surface area contributed by atoms with Gasteiger partial charge in [-0.15, -0.1) is 0 Å². The molecule has 1 heterocycles. The van der Waals surface area contributed by atoms with Crippen molar-refractivity contribution in [3.63, 3.8) is 0 Å². The number of esters is 5. The first-order chi connectivity index (χ1) is 19.3. The summed E-state index contributed by atoms with van der Waals surface area (Å²) in [5.41, 5.74) is -5.00. The lowest BCUT2D eigenvalue weighted by Crippen LogP contribution is -2.74. The first-order valence-electron chi connectivity index (χ1n) is 14.1. The van der Waals surface area contributed by atoms with Crippen LogP contribution in [0.2, 0.25) is 0 Å². The number of fused-ring (bicyclic) bond motifs is 2. The van der Waals surface area contributed by atoms with E-state index in [0.29, 0.717) is 0 Å². The van der Waals surface area contributed by atoms with Crippen molar-refractivity contribution in [2.24, 2.45) is 22.7 Å². The molecule has 3 rings (SSSR count). The minimum atomic E-state index is -2.25. The molecule has 12 nitrogen and oxygen atoms in total. The smallest absolute Gasteiger partial charge is 0.312 e. The Labute approximate surface area is 245 Å². The van der Waals surface area contributed by atoms with Crippen molar-refractivity contribution in [2.45, 2.75) is 118 Å². The van der Waals surface area contributed by atoms with Gasteiger partial charge in [0.25, 0.3) is 0 Å². The highest BCUT2D eigenvalue weighted by atomic mass is 16.6. The van der Waals surface area contributed by atoms with E-state index < -0.39 is 88.6 Å². The van der Waals surface area contributed by atoms with Crippen LogP contribution in [0.5, 0.6) is 0 Å². The molecule has 1 aliphatic heterocycles. The highest BCUT2D eigenvalue weighted by Crippen LogP contribution is 2.64. The Hall–Kier alpha value is -3.28. The van der Waals surface area contributed by atoms with Crippen LogP contribution in [-0.2, 0) is 52.5 Å². The number of carbonyl (C=O) groups is 6. The molecule has 42 heavy (non-hydrogen) atoms. The quantitative estimate of drug-likeness (QED) is 0.365. The molecule has 0 unspecified atom stereocenters. The van der Waals surface area contributed by atoms with E-state index in [2.05, 4.69) is 0 Å². The van der Waals surface area contributed by atoms with E-state index in [0.717, 1.165) is 6.92 Å². The zero-order valence-electron chi connectivity index (χ0n) is 25.7. The van der Waals surface area contributed by atoms with Crippen molar-refractivity contribution in [3.05, 3.63) is 11.6 Å². The van der Waals surface area contributed by atoms with Gasteiger partial charge in [0.15, 0.2) is 17.5 Å². The van der Waals surface area contributed by atoms with Crippen molar-refractivity contribution >= 4 is 35.6 Å². The van der Waals surface area contributed by atoms with Gasteiger partial charge < -0.3 is 28.8 Å². The SMILES string of the molecule is CC(=O)O[C@H]1C[C@@H](OC(C)=O)[C@H](C)[C@]2(C)[C@@H](OC(C)=O)[C@@]3(O)[C@H](/C=C(/C(C)=O)CC[C@@H](OC(C)=O)[C@@]12C)OC(=O)[C@@H]3C. The first-order valence-corrected chi connectivity index (χ1v) is 14.1. The van der Waals surface area contributed by atoms with Crippen LogP contribution in [0.1, 0.15) is 81.6 Å². The zero-order chi connectivity index (χ0) is 31.9. The van der Waals surface area contributed by atoms with Crippen LogP contribution in [-0.4, -0.2) is 76.9 Å². The Morgan fingerprint density at radius 1 is 0.833 bits per heavy atom. The minimum Gasteiger partial charge on any atom is -0.462 e. The molecule has 1 saturated carbocycles. The fourth-order valence-electron chi connectivity index (χ4n) is 7.38. The molecule has 2 fully saturated rings. The lowest BCUT2D eigenvalue weighted by molar-refractivity contribution is -0.289. The standard InChI is InChI=1S/C30H42O12/c1-14-22(38-17(4)32)13-24(40-19(6)34)29(9)23(39-18(5)33)11-10-21(16(3)31)12-25-30(37,15(2)26(36)42-25)27(28(14,29)8)41-20(7)35/h12,14-15,22-25,27,37H,10-11,13H2,1-9H3/b21-12+/t14-,15-,22+,23+,24-,25-,27+,28+,29-,30-/m0/s1. The summed E-state index contributed by atoms with van der Waals surface area (Å²) in [6.45, 7) is 12.6. The second-order valence-corrected chi connectivity index (χ2v) is 12.2. The third kappa shape index (κ3) is 5.45. The fourth-order valence-corrected chi connectivity index (χ4v) is 7.38. The van der Waals surface area contributed by atoms with Crippen molar-refractivity contribution in [2.75, 3.05) is 0 Å². The Morgan fingerprint density at radius 2 is 1.36 bits per heavy atom. The molecule has 0 aromatic carbocycles. The molecule has 10 atom stereocenters. The summed E-state index contributed by atoms with van der Waals surface area (Å²) in [7, 11) is 0. The maximum Gasteiger partial charge on any atom is 0.312 e. The van der Waals surface area contributed by atoms with Gasteiger partial charge in [0.1, 0.15) is 24.4 Å². The topological polar surface area (TPSA) is 169 Å². The summed E-state index contributed by atoms with van der Waals surface area (Å²) >= 11 is 0. The molecular formula is C30H42O12. The number of ketones is 1. The van der Waals surface area contributed by atoms with E-state index >= 15 is 0 Å². The lowest BCUT2D eigenvalue weighted by atomic mass is 9.44. The molecular weight excluding hydrogens is 552 g/mol. The van der Waals surface area contributed by atoms with Gasteiger partial charge in [-0.2, -0.15) is 0 Å². The number of ether oxygens (including phenoxy) is 5. The molecule has 3 aliphatic rings. The summed E-state index contributed by atoms with van der Waals surface area (Å²) in [5, 5.41) is 12.6. The second kappa shape index (κ2) is 11.8. The number of allylic oxidation sites excluding steroid dienone is 1. The van der Waals surface area contributed by atoms with Gasteiger partial charge in [0.2, 0.25) is 0 Å². The second-order valence-electron chi connectivity index (χ2n) is 12.2. The first kappa shape index (κ1) is 33.2. The summed E-state index contributed by atoms with van der Waals surface area (Å²) in [6.07, 6.45) is -4.54. The van der Waals surface area contributed by atoms with Crippen LogP contribution in [0, 0.1) is 22.7 Å². The lowest BCUT2D eigenvalue weighted by Gasteiger charge is -2.64. The average molecular weight is 595 g/mol. The van der Waals surface area contributed by atoms with E-state index in [1.165, 1.54) is 40.7 Å². The van der Waals surface area contributed by atoms with Gasteiger partial charge in [0.05, 0.1) is 11.3 Å². The van der Waals surface area contributed by atoms with Crippen LogP contribution in [0.4, 0.5) is 0 Å². The predicted octanol–water partition coefficient (Wildman–Crippen LogP) is 2.37. The molecule has 0 amide bonds. The molecule has 0 aromatic heterocycles. The van der Waals surface area contributed by atoms with Gasteiger partial charge >= 0.3 is 29.8 Å². The normalized spacial score (nSPS) is 41.0. The average Bonchev–Trinajstić information content (AvgIpc) is 3.08. The number of rotatable bonds is 5. The van der Waals surface area contributed by atoms with Gasteiger partial charge in [0, 0.05) is 45.4 Å². The third-order valence-corrected chi connectivity index (χ3v) is 9.86. The number of carbonyl (C=O) groups excluding carboxylic acids is 6. The number of hydrogen-bond acceptors (Lipinski definition) is 12. The number of hydrogen-bond donors (Lipinski definition) is 1. The largest absolute Gasteiger partial charge is 0.462 e. The van der Waals surface area contributed by atoms with Crippen LogP contribution >= 0.6 is 0 Å². The maximum atomic E-state index is 13.1. The highest BCUT2D eigenvalue weighted by molar-refractivity contribution is 5.93. The predicted molar refractivity (Wildman–Crippen MR) is 144 cm³/mol. The summed E-state index contributed by atoms with van der Waals surface area (Å²) < 4.78 is 29.1. The summed E-state index contributed by atoms with van der Waals surface area (Å²) in [5.74, 6) is -5.87. The third-order valence-electron chi connectivity index (χ3n) is 9.86. The molecule has 0 radical (unpaired) electrons. The Kier molecular flexibility index (Phi) is 9.32. The number of Topliss-reactive ketones (excluding diaryl/α,β-unsaturated/α-hetero) is 1. The Bertz CT molecular complexity index is 1190. The van der Waals surface area contributed by atoms with Crippen molar-refractivity contribution in [1.82, 2.24) is 0 Å². The fraction of sp³-hybridized carbons (Fsp3) is 0.733. The maximum absolute atomic E-state index is 13.1. The van der Waals surface area contributed by atoms with E-state index in [4.69, 9.17) is 23.7 Å². The van der Waals surface area contributed by atoms with Gasteiger partial charge in [-0.25, -0.2) is 0 Å². The van der Waals surface area contributed by atoms with Crippen LogP contribution in [0.15, 0.2) is 11.6 Å². The van der Waals surface area contributed by atoms with Crippen LogP contribution in [0.25, 0.3) is 0 Å². The molecule has 0 aromatic rings. The molecule has 1 saturated heterocycles. The van der Waals surface area contributed by atoms with Gasteiger partial charge in [-0.05, 0) is 38.3 Å². The summed E-state index contributed by atoms with van der Waals surface area (Å²) in [4.78, 5) is 75.8. The Balaban J connectivity index is 2.51. The molecule has 12 heteroatoms. The molecule has 1 N–H and O–H groups in total. The Morgan fingerprint density at radius 3 is 1.86 bits per heavy atom. The van der Waals surface area contributed by atoms with Crippen molar-refractivity contribution in [3.8, 4) is 0 Å². The molecule has 0 bridgehead atoms. The van der Waals surface area contributed by atoms with Gasteiger partial charge in [-0.3, -0.25) is 28.8 Å². The monoisotopic (exact) mass is 594 g/mol. The van der Waals surface area contributed by atoms with E-state index in [1.807, 2.05) is 0 Å². The molecule has 2 aliphatic carbocycles. The van der Waals surface area contributed by atoms with Gasteiger partial charge in [-0.1, -0.05) is 20.8 Å². The zero-order valence-corrected chi connectivity index (χ0v) is 25.7. The minimum absolute atomic E-state index is 0.000775. The molecule has 234 valence electrons. The van der Waals surface area contributed by atoms with E-state index in [-0.39, 0.29) is 30.6 Å². The number of aliphatic hydroxyl groups is 1. The van der Waals surface area contributed by atoms with Crippen LogP contribution in [0.3, 0.4) is 0 Å². The van der Waals surface area contributed by atoms with E-state index in [1.54, 1.807) is 20.8 Å². The van der Waals surface area contributed by atoms with Crippen molar-refractivity contribution < 1.29 is 57.6 Å².